The minimum absolute atomic E-state index is 0.0874. The van der Waals surface area contributed by atoms with Crippen molar-refractivity contribution in [2.75, 3.05) is 119 Å². The van der Waals surface area contributed by atoms with E-state index >= 15 is 0 Å². The molecule has 1 unspecified atom stereocenters. The molecule has 6 aliphatic heterocycles. The topological polar surface area (TPSA) is 251 Å². The lowest BCUT2D eigenvalue weighted by molar-refractivity contribution is -0.0660. The number of piperazine rings is 2. The largest absolute Gasteiger partial charge is 0.488 e. The second-order valence-corrected chi connectivity index (χ2v) is 22.1. The van der Waals surface area contributed by atoms with E-state index in [-0.39, 0.29) is 23.7 Å². The highest BCUT2D eigenvalue weighted by Crippen LogP contribution is 2.37. The summed E-state index contributed by atoms with van der Waals surface area (Å²) in [4.78, 5) is 49.5. The summed E-state index contributed by atoms with van der Waals surface area (Å²) in [5.41, 5.74) is 6.01. The van der Waals surface area contributed by atoms with Crippen LogP contribution in [0.2, 0.25) is 0 Å². The van der Waals surface area contributed by atoms with Gasteiger partial charge in [0.2, 0.25) is 11.9 Å². The van der Waals surface area contributed by atoms with Gasteiger partial charge in [-0.3, -0.25) is 9.80 Å². The number of benzene rings is 4. The third-order valence-electron chi connectivity index (χ3n) is 15.8. The maximum atomic E-state index is 11.8. The molecule has 1 amide bonds. The number of amides is 1. The molecule has 0 bridgehead atoms. The van der Waals surface area contributed by atoms with Crippen LogP contribution in [0.5, 0.6) is 11.5 Å². The molecule has 6 saturated heterocycles. The Morgan fingerprint density at radius 3 is 1.53 bits per heavy atom. The van der Waals surface area contributed by atoms with Crippen LogP contribution in [0.4, 0.5) is 39.4 Å². The zero-order valence-corrected chi connectivity index (χ0v) is 45.9. The van der Waals surface area contributed by atoms with E-state index in [1.165, 1.54) is 28.9 Å². The van der Waals surface area contributed by atoms with Crippen molar-refractivity contribution in [1.82, 2.24) is 49.9 Å². The number of hydrogen-bond donors (Lipinski definition) is 4. The molecule has 6 aliphatic rings. The van der Waals surface area contributed by atoms with Crippen LogP contribution in [0, 0.1) is 28.1 Å². The number of anilines is 6. The van der Waals surface area contributed by atoms with Crippen molar-refractivity contribution in [3.8, 4) is 46.4 Å². The first kappa shape index (κ1) is 54.7. The predicted molar refractivity (Wildman–Crippen MR) is 305 cm³/mol. The van der Waals surface area contributed by atoms with Crippen LogP contribution in [-0.2, 0) is 9.47 Å². The fourth-order valence-corrected chi connectivity index (χ4v) is 11.2. The van der Waals surface area contributed by atoms with Crippen molar-refractivity contribution >= 4 is 40.7 Å². The van der Waals surface area contributed by atoms with E-state index in [0.717, 1.165) is 115 Å². The highest BCUT2D eigenvalue weighted by molar-refractivity contribution is 5.67. The zero-order valence-electron chi connectivity index (χ0n) is 45.9. The van der Waals surface area contributed by atoms with E-state index in [0.29, 0.717) is 76.8 Å². The number of aromatic nitrogens is 6. The summed E-state index contributed by atoms with van der Waals surface area (Å²) in [6, 6.07) is 32.6. The third kappa shape index (κ3) is 13.0. The molecule has 2 aromatic heterocycles. The second-order valence-electron chi connectivity index (χ2n) is 22.1. The molecule has 22 heteroatoms. The van der Waals surface area contributed by atoms with Gasteiger partial charge in [-0.05, 0) is 103 Å². The normalized spacial score (nSPS) is 20.7. The standard InChI is InChI=1S/C32H38N8O4.C27H30N8O2/c1-32(2,3)28-27(10-11-40(28)31(41)42)44-26-9-4-21(16-22(26)17-33)29-34-20-35-30(37-29)36-23-5-7-24(8-6-23)38-12-14-39(15-13-38)25-18-43-19-25;28-14-20-13-19(1-6-25(20)37-24-7-8-29-15-24)26-30-18-31-27(33-26)32-21-2-4-22(5-3-21)34-9-11-35(12-10-34)23-16-36-17-23/h4-9,16,20,25,27-28H,10-15,18-19H2,1-3H3,(H,41,42)(H,34,35,36,37);1-6,13,18,23-24,29H,7-12,15-17H2,(H,30,31,32,33)/t27-,28+;/m1./s1. The van der Waals surface area contributed by atoms with Crippen molar-refractivity contribution in [3.63, 3.8) is 0 Å². The van der Waals surface area contributed by atoms with Gasteiger partial charge in [0.25, 0.3) is 0 Å². The van der Waals surface area contributed by atoms with E-state index in [9.17, 15) is 20.4 Å². The van der Waals surface area contributed by atoms with Crippen molar-refractivity contribution in [2.45, 2.75) is 63.9 Å². The smallest absolute Gasteiger partial charge is 0.407 e. The summed E-state index contributed by atoms with van der Waals surface area (Å²) < 4.78 is 23.0. The minimum atomic E-state index is -0.962. The fraction of sp³-hybridized carbons (Fsp3) is 0.441. The van der Waals surface area contributed by atoms with E-state index < -0.39 is 6.09 Å². The first-order chi connectivity index (χ1) is 39.4. The van der Waals surface area contributed by atoms with Crippen molar-refractivity contribution in [2.24, 2.45) is 5.41 Å². The SMILES string of the molecule is CC(C)(C)[C@@H]1[C@H](Oc2ccc(-c3ncnc(Nc4ccc(N5CCN(C6COC6)CC5)cc4)n3)cc2C#N)CCN1C(=O)O.N#Cc1cc(-c2ncnc(Nc3ccc(N4CCN(C5COC5)CC4)cc3)n2)ccc1OC1CCNC1. The van der Waals surface area contributed by atoms with Crippen molar-refractivity contribution < 1.29 is 28.8 Å². The highest BCUT2D eigenvalue weighted by atomic mass is 16.5. The van der Waals surface area contributed by atoms with Gasteiger partial charge in [-0.25, -0.2) is 24.7 Å². The first-order valence-corrected chi connectivity index (χ1v) is 27.8. The van der Waals surface area contributed by atoms with Crippen LogP contribution >= 0.6 is 0 Å². The number of carbonyl (C=O) groups is 1. The molecule has 4 N–H and O–H groups in total. The summed E-state index contributed by atoms with van der Waals surface area (Å²) in [5.74, 6) is 2.76. The van der Waals surface area contributed by atoms with Crippen molar-refractivity contribution in [3.05, 3.63) is 109 Å². The van der Waals surface area contributed by atoms with Crippen LogP contribution < -0.4 is 35.2 Å². The van der Waals surface area contributed by atoms with Crippen LogP contribution in [0.1, 0.15) is 44.7 Å². The molecule has 3 atom stereocenters. The Kier molecular flexibility index (Phi) is 16.6. The van der Waals surface area contributed by atoms with Crippen LogP contribution in [0.3, 0.4) is 0 Å². The molecule has 0 saturated carbocycles. The minimum Gasteiger partial charge on any atom is -0.488 e. The van der Waals surface area contributed by atoms with E-state index in [2.05, 4.69) is 102 Å². The summed E-state index contributed by atoms with van der Waals surface area (Å²) in [6.07, 6.45) is 3.16. The average Bonchev–Trinajstić information content (AvgIpc) is 4.29. The fourth-order valence-electron chi connectivity index (χ4n) is 11.2. The van der Waals surface area contributed by atoms with Gasteiger partial charge < -0.3 is 54.7 Å². The zero-order chi connectivity index (χ0) is 55.9. The Balaban J connectivity index is 0.000000173. The molecule has 8 heterocycles. The molecule has 0 aliphatic carbocycles. The molecule has 6 fully saturated rings. The first-order valence-electron chi connectivity index (χ1n) is 27.8. The number of nitriles is 2. The summed E-state index contributed by atoms with van der Waals surface area (Å²) in [7, 11) is 0. The van der Waals surface area contributed by atoms with Gasteiger partial charge in [-0.15, -0.1) is 0 Å². The molecule has 0 radical (unpaired) electrons. The lowest BCUT2D eigenvalue weighted by Gasteiger charge is -2.43. The van der Waals surface area contributed by atoms with Gasteiger partial charge in [0, 0.05) is 106 Å². The van der Waals surface area contributed by atoms with Crippen LogP contribution in [0.15, 0.2) is 97.6 Å². The maximum Gasteiger partial charge on any atom is 0.407 e. The van der Waals surface area contributed by atoms with Gasteiger partial charge in [0.1, 0.15) is 48.5 Å². The quantitative estimate of drug-likeness (QED) is 0.0892. The van der Waals surface area contributed by atoms with E-state index in [1.807, 2.05) is 57.2 Å². The average molecular weight is 1100 g/mol. The molecule has 12 rings (SSSR count). The lowest BCUT2D eigenvalue weighted by Crippen LogP contribution is -2.56. The number of hydrogen-bond acceptors (Lipinski definition) is 20. The van der Waals surface area contributed by atoms with Gasteiger partial charge in [0.15, 0.2) is 11.6 Å². The highest BCUT2D eigenvalue weighted by Gasteiger charge is 2.46. The number of likely N-dealkylation sites (tertiary alicyclic amines) is 1. The molecule has 420 valence electrons. The molecular formula is C59H68N16O6. The second kappa shape index (κ2) is 24.6. The van der Waals surface area contributed by atoms with Gasteiger partial charge in [-0.2, -0.15) is 20.5 Å². The monoisotopic (exact) mass is 1100 g/mol. The summed E-state index contributed by atoms with van der Waals surface area (Å²) >= 11 is 0. The molecule has 22 nitrogen and oxygen atoms in total. The molecule has 0 spiro atoms. The molecule has 81 heavy (non-hydrogen) atoms. The Hall–Kier alpha value is -8.25. The molecule has 6 aromatic rings. The number of nitrogens with zero attached hydrogens (tertiary/aromatic N) is 13. The third-order valence-corrected chi connectivity index (χ3v) is 15.8. The maximum absolute atomic E-state index is 11.8. The Bertz CT molecular complexity index is 3210. The molecule has 4 aromatic carbocycles. The van der Waals surface area contributed by atoms with Gasteiger partial charge >= 0.3 is 6.09 Å². The number of ether oxygens (including phenoxy) is 4. The van der Waals surface area contributed by atoms with Crippen LogP contribution in [-0.4, -0.2) is 185 Å². The lowest BCUT2D eigenvalue weighted by atomic mass is 9.84. The predicted octanol–water partition coefficient (Wildman–Crippen LogP) is 6.64. The molecular weight excluding hydrogens is 1030 g/mol. The Morgan fingerprint density at radius 1 is 0.642 bits per heavy atom. The number of rotatable bonds is 14. The number of nitrogens with one attached hydrogen (secondary N) is 3. The van der Waals surface area contributed by atoms with E-state index in [4.69, 9.17) is 18.9 Å². The summed E-state index contributed by atoms with van der Waals surface area (Å²) in [6.45, 7) is 19.8. The van der Waals surface area contributed by atoms with Crippen LogP contribution in [0.25, 0.3) is 22.8 Å². The van der Waals surface area contributed by atoms with Gasteiger partial charge in [0.05, 0.1) is 55.7 Å². The number of carboxylic acid groups (broad SMARTS) is 1. The van der Waals surface area contributed by atoms with Gasteiger partial charge in [-0.1, -0.05) is 20.8 Å². The summed E-state index contributed by atoms with van der Waals surface area (Å²) in [5, 5.41) is 39.1. The van der Waals surface area contributed by atoms with Crippen molar-refractivity contribution in [1.29, 1.82) is 10.5 Å². The Labute approximate surface area is 471 Å². The Morgan fingerprint density at radius 2 is 1.12 bits per heavy atom. The van der Waals surface area contributed by atoms with E-state index in [1.54, 1.807) is 24.3 Å².